The van der Waals surface area contributed by atoms with Crippen LogP contribution in [0.2, 0.25) is 0 Å². The maximum atomic E-state index is 11.6. The van der Waals surface area contributed by atoms with Crippen LogP contribution in [0.15, 0.2) is 67.0 Å². The topological polar surface area (TPSA) is 73.9 Å². The number of carbonyl (C=O) groups is 1. The molecule has 0 saturated heterocycles. The van der Waals surface area contributed by atoms with Crippen LogP contribution < -0.4 is 10.3 Å². The summed E-state index contributed by atoms with van der Waals surface area (Å²) in [6, 6.07) is 15.0. The quantitative estimate of drug-likeness (QED) is 0.409. The fourth-order valence-corrected chi connectivity index (χ4v) is 3.14. The Hall–Kier alpha value is -2.45. The van der Waals surface area contributed by atoms with Gasteiger partial charge in [-0.2, -0.15) is 0 Å². The van der Waals surface area contributed by atoms with Crippen LogP contribution in [0.5, 0.6) is 5.75 Å². The third-order valence-electron chi connectivity index (χ3n) is 3.81. The maximum absolute atomic E-state index is 11.6. The zero-order valence-corrected chi connectivity index (χ0v) is 19.0. The van der Waals surface area contributed by atoms with Crippen LogP contribution in [0.3, 0.4) is 0 Å². The van der Waals surface area contributed by atoms with Gasteiger partial charge in [-0.05, 0) is 55.8 Å². The molecule has 29 heavy (non-hydrogen) atoms. The monoisotopic (exact) mass is 520 g/mol. The Morgan fingerprint density at radius 1 is 1.10 bits per heavy atom. The molecule has 1 aromatic heterocycles. The Morgan fingerprint density at radius 3 is 2.55 bits per heavy atom. The number of esters is 1. The summed E-state index contributed by atoms with van der Waals surface area (Å²) in [6.07, 6.45) is 0. The first-order chi connectivity index (χ1) is 14.0. The van der Waals surface area contributed by atoms with Crippen LogP contribution in [0.25, 0.3) is 11.1 Å². The van der Waals surface area contributed by atoms with E-state index in [4.69, 9.17) is 14.0 Å². The van der Waals surface area contributed by atoms with Crippen molar-refractivity contribution in [3.8, 4) is 16.9 Å². The minimum atomic E-state index is -0.446. The van der Waals surface area contributed by atoms with E-state index in [0.717, 1.165) is 25.8 Å². The van der Waals surface area contributed by atoms with Crippen LogP contribution in [-0.2, 0) is 9.53 Å². The molecule has 0 atom stereocenters. The van der Waals surface area contributed by atoms with Gasteiger partial charge in [-0.1, -0.05) is 49.1 Å². The number of rotatable bonds is 6. The molecule has 0 aliphatic rings. The van der Waals surface area contributed by atoms with Crippen molar-refractivity contribution >= 4 is 43.5 Å². The molecule has 0 aliphatic carbocycles. The van der Waals surface area contributed by atoms with E-state index in [0.29, 0.717) is 23.6 Å². The van der Waals surface area contributed by atoms with E-state index < -0.39 is 5.97 Å². The van der Waals surface area contributed by atoms with Crippen molar-refractivity contribution in [2.45, 2.75) is 13.8 Å². The van der Waals surface area contributed by atoms with E-state index in [9.17, 15) is 4.79 Å². The molecular formula is C21H18Br2N2O4. The van der Waals surface area contributed by atoms with Crippen LogP contribution in [0, 0.1) is 6.92 Å². The van der Waals surface area contributed by atoms with Crippen LogP contribution >= 0.6 is 31.9 Å². The maximum Gasteiger partial charge on any atom is 0.344 e. The number of nitrogens with zero attached hydrogens (tertiary/aromatic N) is 2. The molecule has 0 saturated carbocycles. The summed E-state index contributed by atoms with van der Waals surface area (Å²) in [5.41, 5.74) is 3.29. The highest BCUT2D eigenvalue weighted by Gasteiger charge is 2.11. The van der Waals surface area contributed by atoms with Gasteiger partial charge < -0.3 is 14.0 Å². The van der Waals surface area contributed by atoms with E-state index in [1.54, 1.807) is 25.1 Å². The summed E-state index contributed by atoms with van der Waals surface area (Å²) in [5.74, 6) is -0.0163. The lowest BCUT2D eigenvalue weighted by atomic mass is 10.1. The fourth-order valence-electron chi connectivity index (χ4n) is 2.53. The van der Waals surface area contributed by atoms with Crippen LogP contribution in [0.1, 0.15) is 12.6 Å². The minimum Gasteiger partial charge on any atom is -0.480 e. The summed E-state index contributed by atoms with van der Waals surface area (Å²) in [7, 11) is 0. The van der Waals surface area contributed by atoms with Crippen LogP contribution in [-0.4, -0.2) is 24.3 Å². The second kappa shape index (κ2) is 9.84. The average molecular weight is 522 g/mol. The number of benzene rings is 2. The highest BCUT2D eigenvalue weighted by molar-refractivity contribution is 9.10. The molecule has 3 rings (SSSR count). The molecule has 0 spiro atoms. The molecule has 0 fully saturated rings. The number of carbonyl (C=O) groups excluding carboxylic acids is 1. The van der Waals surface area contributed by atoms with Gasteiger partial charge in [-0.3, -0.25) is 0 Å². The zero-order valence-electron chi connectivity index (χ0n) is 15.8. The number of hydrogen-bond acceptors (Lipinski definition) is 6. The number of ether oxygens (including phenoxy) is 2. The molecule has 0 aliphatic heterocycles. The smallest absolute Gasteiger partial charge is 0.344 e. The lowest BCUT2D eigenvalue weighted by Gasteiger charge is -2.09. The third-order valence-corrected chi connectivity index (χ3v) is 4.83. The van der Waals surface area contributed by atoms with Gasteiger partial charge in [0.15, 0.2) is 6.61 Å². The SMILES string of the molecule is CCOC(=O)COc1ccc(Br)cc1N=c1onc(C)cc1-c1ccc(Br)cc1. The lowest BCUT2D eigenvalue weighted by molar-refractivity contribution is -0.145. The summed E-state index contributed by atoms with van der Waals surface area (Å²) in [6.45, 7) is 3.68. The van der Waals surface area contributed by atoms with Gasteiger partial charge in [0.1, 0.15) is 11.4 Å². The van der Waals surface area contributed by atoms with Gasteiger partial charge in [0.2, 0.25) is 0 Å². The summed E-state index contributed by atoms with van der Waals surface area (Å²) < 4.78 is 17.8. The number of aryl methyl sites for hydroxylation is 1. The standard InChI is InChI=1S/C21H18Br2N2O4/c1-3-27-20(26)12-28-19-9-8-16(23)11-18(19)24-21-17(10-13(2)25-29-21)14-4-6-15(22)7-5-14/h4-11H,3,12H2,1-2H3. The average Bonchev–Trinajstić information content (AvgIpc) is 2.69. The first-order valence-corrected chi connectivity index (χ1v) is 10.4. The first kappa shape index (κ1) is 21.3. The van der Waals surface area contributed by atoms with Crippen molar-refractivity contribution in [1.29, 1.82) is 0 Å². The van der Waals surface area contributed by atoms with E-state index in [1.807, 2.05) is 37.3 Å². The van der Waals surface area contributed by atoms with Crippen molar-refractivity contribution < 1.29 is 18.8 Å². The number of halogens is 2. The third kappa shape index (κ3) is 5.77. The van der Waals surface area contributed by atoms with Gasteiger partial charge >= 0.3 is 5.97 Å². The fraction of sp³-hybridized carbons (Fsp3) is 0.190. The Labute approximate surface area is 184 Å². The van der Waals surface area contributed by atoms with E-state index in [2.05, 4.69) is 42.0 Å². The lowest BCUT2D eigenvalue weighted by Crippen LogP contribution is -2.14. The summed E-state index contributed by atoms with van der Waals surface area (Å²) >= 11 is 6.88. The Morgan fingerprint density at radius 2 is 1.83 bits per heavy atom. The van der Waals surface area contributed by atoms with E-state index >= 15 is 0 Å². The van der Waals surface area contributed by atoms with Gasteiger partial charge in [0.25, 0.3) is 5.55 Å². The first-order valence-electron chi connectivity index (χ1n) is 8.82. The molecule has 0 bridgehead atoms. The molecule has 0 N–H and O–H groups in total. The van der Waals surface area contributed by atoms with Crippen LogP contribution in [0.4, 0.5) is 5.69 Å². The number of aromatic nitrogens is 1. The predicted octanol–water partition coefficient (Wildman–Crippen LogP) is 5.35. The molecule has 0 amide bonds. The highest BCUT2D eigenvalue weighted by atomic mass is 79.9. The molecule has 0 radical (unpaired) electrons. The van der Waals surface area contributed by atoms with E-state index in [-0.39, 0.29) is 6.61 Å². The highest BCUT2D eigenvalue weighted by Crippen LogP contribution is 2.31. The molecule has 3 aromatic rings. The Balaban J connectivity index is 2.05. The van der Waals surface area contributed by atoms with Crippen molar-refractivity contribution in [2.24, 2.45) is 4.99 Å². The molecule has 8 heteroatoms. The summed E-state index contributed by atoms with van der Waals surface area (Å²) in [5, 5.41) is 4.02. The Kier molecular flexibility index (Phi) is 7.22. The molecule has 1 heterocycles. The minimum absolute atomic E-state index is 0.207. The Bertz CT molecular complexity index is 1080. The predicted molar refractivity (Wildman–Crippen MR) is 116 cm³/mol. The second-order valence-electron chi connectivity index (χ2n) is 6.01. The van der Waals surface area contributed by atoms with Crippen molar-refractivity contribution in [3.63, 3.8) is 0 Å². The molecule has 6 nitrogen and oxygen atoms in total. The van der Waals surface area contributed by atoms with Gasteiger partial charge in [0.05, 0.1) is 12.3 Å². The van der Waals surface area contributed by atoms with Gasteiger partial charge in [-0.25, -0.2) is 9.79 Å². The number of hydrogen-bond donors (Lipinski definition) is 0. The normalized spacial score (nSPS) is 11.4. The van der Waals surface area contributed by atoms with Crippen molar-refractivity contribution in [2.75, 3.05) is 13.2 Å². The molecule has 150 valence electrons. The van der Waals surface area contributed by atoms with E-state index in [1.165, 1.54) is 0 Å². The molecular weight excluding hydrogens is 504 g/mol. The van der Waals surface area contributed by atoms with Gasteiger partial charge in [-0.15, -0.1) is 0 Å². The molecule has 2 aromatic carbocycles. The van der Waals surface area contributed by atoms with Gasteiger partial charge in [0, 0.05) is 14.5 Å². The second-order valence-corrected chi connectivity index (χ2v) is 7.84. The largest absolute Gasteiger partial charge is 0.480 e. The molecule has 0 unspecified atom stereocenters. The zero-order chi connectivity index (χ0) is 20.8. The van der Waals surface area contributed by atoms with Crippen molar-refractivity contribution in [1.82, 2.24) is 5.16 Å². The van der Waals surface area contributed by atoms with Crippen molar-refractivity contribution in [3.05, 3.63) is 68.7 Å². The summed E-state index contributed by atoms with van der Waals surface area (Å²) in [4.78, 5) is 16.3.